The van der Waals surface area contributed by atoms with Crippen LogP contribution >= 0.6 is 0 Å². The fourth-order valence-electron chi connectivity index (χ4n) is 2.49. The summed E-state index contributed by atoms with van der Waals surface area (Å²) in [4.78, 5) is 16.4. The molecule has 1 N–H and O–H groups in total. The molecule has 92 valence electrons. The zero-order valence-electron chi connectivity index (χ0n) is 10.2. The van der Waals surface area contributed by atoms with Crippen molar-refractivity contribution >= 4 is 6.03 Å². The van der Waals surface area contributed by atoms with Gasteiger partial charge >= 0.3 is 6.03 Å². The molecule has 0 radical (unpaired) electrons. The number of nitrogens with zero attached hydrogens (tertiary/aromatic N) is 2. The Balaban J connectivity index is 1.92. The second-order valence-electron chi connectivity index (χ2n) is 4.78. The van der Waals surface area contributed by atoms with Gasteiger partial charge in [-0.1, -0.05) is 12.8 Å². The lowest BCUT2D eigenvalue weighted by Crippen LogP contribution is -2.61. The zero-order chi connectivity index (χ0) is 11.4. The molecule has 2 heterocycles. The summed E-state index contributed by atoms with van der Waals surface area (Å²) in [6, 6.07) is 0.691. The van der Waals surface area contributed by atoms with E-state index in [1.165, 1.54) is 25.7 Å². The molecule has 0 bridgehead atoms. The highest BCUT2D eigenvalue weighted by Crippen LogP contribution is 2.14. The van der Waals surface area contributed by atoms with Crippen molar-refractivity contribution in [3.8, 4) is 0 Å². The van der Waals surface area contributed by atoms with Crippen LogP contribution < -0.4 is 5.32 Å². The van der Waals surface area contributed by atoms with Crippen LogP contribution in [0.15, 0.2) is 0 Å². The van der Waals surface area contributed by atoms with Gasteiger partial charge in [0.15, 0.2) is 0 Å². The maximum absolute atomic E-state index is 12.3. The molecule has 2 rings (SSSR count). The molecular formula is C12H23N3O. The van der Waals surface area contributed by atoms with Gasteiger partial charge in [-0.25, -0.2) is 4.79 Å². The van der Waals surface area contributed by atoms with E-state index in [0.717, 1.165) is 32.7 Å². The molecule has 2 amide bonds. The quantitative estimate of drug-likeness (QED) is 0.768. The SMILES string of the molecule is CCN(C(=O)N1CCCCCC1)C1CNC1. The Hall–Kier alpha value is -0.770. The van der Waals surface area contributed by atoms with Gasteiger partial charge in [0.25, 0.3) is 0 Å². The minimum atomic E-state index is 0.260. The number of rotatable bonds is 2. The standard InChI is InChI=1S/C12H23N3O/c1-2-15(11-9-13-10-11)12(16)14-7-5-3-4-6-8-14/h11,13H,2-10H2,1H3. The molecule has 0 saturated carbocycles. The second kappa shape index (κ2) is 5.53. The molecule has 16 heavy (non-hydrogen) atoms. The topological polar surface area (TPSA) is 35.6 Å². The number of urea groups is 1. The zero-order valence-corrected chi connectivity index (χ0v) is 10.2. The van der Waals surface area contributed by atoms with Gasteiger partial charge in [-0.15, -0.1) is 0 Å². The first-order valence-electron chi connectivity index (χ1n) is 6.59. The van der Waals surface area contributed by atoms with Gasteiger partial charge < -0.3 is 15.1 Å². The maximum atomic E-state index is 12.3. The summed E-state index contributed by atoms with van der Waals surface area (Å²) < 4.78 is 0. The highest BCUT2D eigenvalue weighted by atomic mass is 16.2. The number of carbonyl (C=O) groups excluding carboxylic acids is 1. The lowest BCUT2D eigenvalue weighted by Gasteiger charge is -2.40. The van der Waals surface area contributed by atoms with E-state index in [4.69, 9.17) is 0 Å². The summed E-state index contributed by atoms with van der Waals surface area (Å²) in [6.07, 6.45) is 4.90. The summed E-state index contributed by atoms with van der Waals surface area (Å²) in [5.74, 6) is 0. The van der Waals surface area contributed by atoms with Gasteiger partial charge in [-0.3, -0.25) is 0 Å². The van der Waals surface area contributed by atoms with E-state index in [-0.39, 0.29) is 6.03 Å². The Bertz CT molecular complexity index is 232. The largest absolute Gasteiger partial charge is 0.325 e. The molecule has 2 aliphatic heterocycles. The van der Waals surface area contributed by atoms with Crippen LogP contribution in [0.4, 0.5) is 4.79 Å². The molecule has 0 spiro atoms. The molecule has 2 aliphatic rings. The van der Waals surface area contributed by atoms with Gasteiger partial charge in [0, 0.05) is 32.7 Å². The molecule has 0 aliphatic carbocycles. The van der Waals surface area contributed by atoms with Crippen molar-refractivity contribution in [3.63, 3.8) is 0 Å². The number of likely N-dealkylation sites (N-methyl/N-ethyl adjacent to an activating group) is 1. The molecule has 0 aromatic heterocycles. The first-order chi connectivity index (χ1) is 7.83. The van der Waals surface area contributed by atoms with Crippen LogP contribution in [0.2, 0.25) is 0 Å². The Morgan fingerprint density at radius 2 is 1.88 bits per heavy atom. The van der Waals surface area contributed by atoms with E-state index in [9.17, 15) is 4.79 Å². The van der Waals surface area contributed by atoms with Crippen molar-refractivity contribution in [2.24, 2.45) is 0 Å². The van der Waals surface area contributed by atoms with Crippen molar-refractivity contribution in [1.29, 1.82) is 0 Å². The van der Waals surface area contributed by atoms with E-state index in [0.29, 0.717) is 6.04 Å². The Kier molecular flexibility index (Phi) is 4.04. The molecule has 4 heteroatoms. The highest BCUT2D eigenvalue weighted by Gasteiger charge is 2.30. The van der Waals surface area contributed by atoms with Gasteiger partial charge in [0.1, 0.15) is 0 Å². The van der Waals surface area contributed by atoms with Crippen LogP contribution in [0.3, 0.4) is 0 Å². The molecule has 4 nitrogen and oxygen atoms in total. The van der Waals surface area contributed by atoms with Crippen molar-refractivity contribution in [2.45, 2.75) is 38.6 Å². The number of hydrogen-bond acceptors (Lipinski definition) is 2. The van der Waals surface area contributed by atoms with Crippen LogP contribution in [0, 0.1) is 0 Å². The van der Waals surface area contributed by atoms with E-state index in [1.54, 1.807) is 0 Å². The summed E-state index contributed by atoms with van der Waals surface area (Å²) in [6.45, 7) is 6.75. The van der Waals surface area contributed by atoms with Gasteiger partial charge in [0.2, 0.25) is 0 Å². The lowest BCUT2D eigenvalue weighted by atomic mass is 10.1. The summed E-state index contributed by atoms with van der Waals surface area (Å²) >= 11 is 0. The number of likely N-dealkylation sites (tertiary alicyclic amines) is 1. The van der Waals surface area contributed by atoms with Crippen molar-refractivity contribution in [1.82, 2.24) is 15.1 Å². The smallest absolute Gasteiger partial charge is 0.320 e. The summed E-state index contributed by atoms with van der Waals surface area (Å²) in [5.41, 5.74) is 0. The van der Waals surface area contributed by atoms with Gasteiger partial charge in [0.05, 0.1) is 6.04 Å². The van der Waals surface area contributed by atoms with Crippen LogP contribution in [0.1, 0.15) is 32.6 Å². The van der Waals surface area contributed by atoms with Gasteiger partial charge in [-0.2, -0.15) is 0 Å². The number of carbonyl (C=O) groups is 1. The Morgan fingerprint density at radius 1 is 1.25 bits per heavy atom. The Morgan fingerprint density at radius 3 is 2.31 bits per heavy atom. The Labute approximate surface area is 98.0 Å². The highest BCUT2D eigenvalue weighted by molar-refractivity contribution is 5.75. The van der Waals surface area contributed by atoms with E-state index in [1.807, 2.05) is 4.90 Å². The molecular weight excluding hydrogens is 202 g/mol. The van der Waals surface area contributed by atoms with Crippen molar-refractivity contribution < 1.29 is 4.79 Å². The fraction of sp³-hybridized carbons (Fsp3) is 0.917. The molecule has 0 aromatic rings. The van der Waals surface area contributed by atoms with Crippen LogP contribution in [-0.4, -0.2) is 54.6 Å². The maximum Gasteiger partial charge on any atom is 0.320 e. The third-order valence-electron chi connectivity index (χ3n) is 3.66. The second-order valence-corrected chi connectivity index (χ2v) is 4.78. The third-order valence-corrected chi connectivity index (χ3v) is 3.66. The predicted molar refractivity (Wildman–Crippen MR) is 64.5 cm³/mol. The first kappa shape index (κ1) is 11.7. The van der Waals surface area contributed by atoms with E-state index >= 15 is 0 Å². The predicted octanol–water partition coefficient (Wildman–Crippen LogP) is 1.28. The normalized spacial score (nSPS) is 22.4. The molecule has 0 unspecified atom stereocenters. The summed E-state index contributed by atoms with van der Waals surface area (Å²) in [7, 11) is 0. The lowest BCUT2D eigenvalue weighted by molar-refractivity contribution is 0.119. The fourth-order valence-corrected chi connectivity index (χ4v) is 2.49. The first-order valence-corrected chi connectivity index (χ1v) is 6.59. The monoisotopic (exact) mass is 225 g/mol. The minimum Gasteiger partial charge on any atom is -0.325 e. The van der Waals surface area contributed by atoms with E-state index < -0.39 is 0 Å². The van der Waals surface area contributed by atoms with E-state index in [2.05, 4.69) is 17.1 Å². The summed E-state index contributed by atoms with van der Waals surface area (Å²) in [5, 5.41) is 3.23. The molecule has 0 atom stereocenters. The molecule has 2 saturated heterocycles. The van der Waals surface area contributed by atoms with Crippen molar-refractivity contribution in [2.75, 3.05) is 32.7 Å². The van der Waals surface area contributed by atoms with Gasteiger partial charge in [-0.05, 0) is 19.8 Å². The third kappa shape index (κ3) is 2.48. The number of amides is 2. The average molecular weight is 225 g/mol. The molecule has 2 fully saturated rings. The average Bonchev–Trinajstić information content (AvgIpc) is 2.50. The van der Waals surface area contributed by atoms with Crippen LogP contribution in [-0.2, 0) is 0 Å². The van der Waals surface area contributed by atoms with Crippen molar-refractivity contribution in [3.05, 3.63) is 0 Å². The van der Waals surface area contributed by atoms with Crippen LogP contribution in [0.25, 0.3) is 0 Å². The minimum absolute atomic E-state index is 0.260. The number of nitrogens with one attached hydrogen (secondary N) is 1. The van der Waals surface area contributed by atoms with Crippen LogP contribution in [0.5, 0.6) is 0 Å². The number of hydrogen-bond donors (Lipinski definition) is 1. The molecule has 0 aromatic carbocycles.